The van der Waals surface area contributed by atoms with Gasteiger partial charge in [-0.15, -0.1) is 0 Å². The van der Waals surface area contributed by atoms with Crippen LogP contribution < -0.4 is 0 Å². The largest absolute Gasteiger partial charge is 0.358 e. The maximum absolute atomic E-state index is 4.50. The quantitative estimate of drug-likeness (QED) is 0.669. The first-order valence-electron chi connectivity index (χ1n) is 5.22. The minimum Gasteiger partial charge on any atom is -0.358 e. The molecule has 3 heteroatoms. The number of rotatable bonds is 1. The molecular weight excluding hydrogens is 198 g/mol. The molecule has 0 saturated heterocycles. The number of benzene rings is 1. The lowest BCUT2D eigenvalue weighted by atomic mass is 10.1. The van der Waals surface area contributed by atoms with E-state index in [1.807, 2.05) is 37.4 Å². The molecule has 0 amide bonds. The summed E-state index contributed by atoms with van der Waals surface area (Å²) in [5, 5.41) is 0. The number of aryl methyl sites for hydroxylation is 1. The number of aromatic amines is 1. The van der Waals surface area contributed by atoms with E-state index in [9.17, 15) is 0 Å². The Morgan fingerprint density at radius 3 is 2.62 bits per heavy atom. The van der Waals surface area contributed by atoms with E-state index >= 15 is 0 Å². The highest BCUT2D eigenvalue weighted by atomic mass is 14.9. The smallest absolute Gasteiger partial charge is 0.126 e. The van der Waals surface area contributed by atoms with Gasteiger partial charge < -0.3 is 4.98 Å². The Kier molecular flexibility index (Phi) is 1.96. The van der Waals surface area contributed by atoms with Gasteiger partial charge >= 0.3 is 0 Å². The molecule has 2 heterocycles. The van der Waals surface area contributed by atoms with Crippen molar-refractivity contribution in [2.45, 2.75) is 6.92 Å². The van der Waals surface area contributed by atoms with E-state index < -0.39 is 0 Å². The summed E-state index contributed by atoms with van der Waals surface area (Å²) in [7, 11) is 0. The van der Waals surface area contributed by atoms with Crippen LogP contribution in [0.1, 0.15) is 5.82 Å². The normalized spacial score (nSPS) is 10.8. The third-order valence-electron chi connectivity index (χ3n) is 2.56. The van der Waals surface area contributed by atoms with Gasteiger partial charge in [-0.3, -0.25) is 0 Å². The molecule has 78 valence electrons. The number of nitrogens with zero attached hydrogens (tertiary/aromatic N) is 2. The molecular formula is C13H11N3. The van der Waals surface area contributed by atoms with E-state index in [1.165, 1.54) is 0 Å². The van der Waals surface area contributed by atoms with Gasteiger partial charge in [0.05, 0.1) is 16.7 Å². The van der Waals surface area contributed by atoms with Gasteiger partial charge in [-0.25, -0.2) is 9.97 Å². The first-order valence-corrected chi connectivity index (χ1v) is 5.22. The number of hydrogen-bond donors (Lipinski definition) is 1. The summed E-state index contributed by atoms with van der Waals surface area (Å²) < 4.78 is 0. The van der Waals surface area contributed by atoms with Crippen molar-refractivity contribution in [3.05, 3.63) is 48.4 Å². The summed E-state index contributed by atoms with van der Waals surface area (Å²) >= 11 is 0. The highest BCUT2D eigenvalue weighted by Gasteiger charge is 2.07. The van der Waals surface area contributed by atoms with Crippen molar-refractivity contribution in [2.24, 2.45) is 0 Å². The summed E-state index contributed by atoms with van der Waals surface area (Å²) in [4.78, 5) is 12.1. The zero-order valence-electron chi connectivity index (χ0n) is 8.94. The Balaban J connectivity index is 2.34. The molecule has 1 N–H and O–H groups in total. The van der Waals surface area contributed by atoms with Crippen LogP contribution in [0.15, 0.2) is 42.6 Å². The highest BCUT2D eigenvalue weighted by molar-refractivity contribution is 5.89. The molecule has 0 fully saturated rings. The molecule has 0 aliphatic heterocycles. The Morgan fingerprint density at radius 1 is 1.00 bits per heavy atom. The summed E-state index contributed by atoms with van der Waals surface area (Å²) in [6, 6.07) is 12.1. The average Bonchev–Trinajstić information content (AvgIpc) is 2.77. The minimum atomic E-state index is 0.797. The lowest BCUT2D eigenvalue weighted by Crippen LogP contribution is -1.92. The van der Waals surface area contributed by atoms with E-state index in [2.05, 4.69) is 27.1 Å². The predicted molar refractivity (Wildman–Crippen MR) is 64.1 cm³/mol. The van der Waals surface area contributed by atoms with Crippen molar-refractivity contribution in [2.75, 3.05) is 0 Å². The second-order valence-electron chi connectivity index (χ2n) is 3.72. The fraction of sp³-hybridized carbons (Fsp3) is 0.0769. The van der Waals surface area contributed by atoms with Crippen LogP contribution >= 0.6 is 0 Å². The zero-order valence-corrected chi connectivity index (χ0v) is 8.94. The molecule has 0 radical (unpaired) electrons. The molecule has 1 aromatic carbocycles. The minimum absolute atomic E-state index is 0.797. The molecule has 3 rings (SSSR count). The lowest BCUT2D eigenvalue weighted by Gasteiger charge is -2.03. The number of hydrogen-bond acceptors (Lipinski definition) is 2. The first-order chi connectivity index (χ1) is 7.84. The predicted octanol–water partition coefficient (Wildman–Crippen LogP) is 2.93. The molecule has 3 aromatic rings. The van der Waals surface area contributed by atoms with E-state index in [0.717, 1.165) is 28.1 Å². The molecule has 0 spiro atoms. The Hall–Kier alpha value is -2.16. The Morgan fingerprint density at radius 2 is 1.81 bits per heavy atom. The molecule has 3 nitrogen and oxygen atoms in total. The van der Waals surface area contributed by atoms with Gasteiger partial charge in [0.1, 0.15) is 5.82 Å². The maximum Gasteiger partial charge on any atom is 0.126 e. The standard InChI is InChI=1S/C13H11N3/c1-9-15-11-7-8-14-13(11)12(16-9)10-5-3-2-4-6-10/h2-8,14H,1H3. The summed E-state index contributed by atoms with van der Waals surface area (Å²) in [5.74, 6) is 0.797. The van der Waals surface area contributed by atoms with Crippen LogP contribution in [0, 0.1) is 6.92 Å². The SMILES string of the molecule is Cc1nc(-c2ccccc2)c2[nH]ccc2n1. The van der Waals surface area contributed by atoms with Gasteiger partial charge in [-0.05, 0) is 13.0 Å². The van der Waals surface area contributed by atoms with Gasteiger partial charge in [0.2, 0.25) is 0 Å². The first kappa shape index (κ1) is 9.09. The number of fused-ring (bicyclic) bond motifs is 1. The van der Waals surface area contributed by atoms with Crippen molar-refractivity contribution < 1.29 is 0 Å². The van der Waals surface area contributed by atoms with Crippen LogP contribution in [0.4, 0.5) is 0 Å². The Bertz CT molecular complexity index is 626. The molecule has 16 heavy (non-hydrogen) atoms. The van der Waals surface area contributed by atoms with Crippen molar-refractivity contribution >= 4 is 11.0 Å². The fourth-order valence-corrected chi connectivity index (χ4v) is 1.87. The van der Waals surface area contributed by atoms with Crippen LogP contribution in [0.3, 0.4) is 0 Å². The average molecular weight is 209 g/mol. The monoisotopic (exact) mass is 209 g/mol. The molecule has 0 aliphatic carbocycles. The van der Waals surface area contributed by atoms with Crippen LogP contribution in [0.2, 0.25) is 0 Å². The van der Waals surface area contributed by atoms with E-state index in [-0.39, 0.29) is 0 Å². The Labute approximate surface area is 93.2 Å². The lowest BCUT2D eigenvalue weighted by molar-refractivity contribution is 1.09. The van der Waals surface area contributed by atoms with Gasteiger partial charge in [0, 0.05) is 11.8 Å². The van der Waals surface area contributed by atoms with Crippen molar-refractivity contribution in [1.29, 1.82) is 0 Å². The molecule has 0 atom stereocenters. The summed E-state index contributed by atoms with van der Waals surface area (Å²) in [6.45, 7) is 1.92. The topological polar surface area (TPSA) is 41.6 Å². The molecule has 2 aromatic heterocycles. The number of aromatic nitrogens is 3. The third-order valence-corrected chi connectivity index (χ3v) is 2.56. The molecule has 0 saturated carbocycles. The van der Waals surface area contributed by atoms with Gasteiger partial charge in [-0.1, -0.05) is 30.3 Å². The van der Waals surface area contributed by atoms with Gasteiger partial charge in [0.15, 0.2) is 0 Å². The third kappa shape index (κ3) is 1.37. The summed E-state index contributed by atoms with van der Waals surface area (Å²) in [6.07, 6.45) is 1.89. The number of H-pyrrole nitrogens is 1. The zero-order chi connectivity index (χ0) is 11.0. The maximum atomic E-state index is 4.50. The van der Waals surface area contributed by atoms with Crippen LogP contribution in [-0.4, -0.2) is 15.0 Å². The highest BCUT2D eigenvalue weighted by Crippen LogP contribution is 2.24. The van der Waals surface area contributed by atoms with E-state index in [0.29, 0.717) is 0 Å². The van der Waals surface area contributed by atoms with Crippen LogP contribution in [0.25, 0.3) is 22.3 Å². The second-order valence-corrected chi connectivity index (χ2v) is 3.72. The fourth-order valence-electron chi connectivity index (χ4n) is 1.87. The van der Waals surface area contributed by atoms with Gasteiger partial charge in [0.25, 0.3) is 0 Å². The van der Waals surface area contributed by atoms with Crippen molar-refractivity contribution in [3.8, 4) is 11.3 Å². The van der Waals surface area contributed by atoms with E-state index in [1.54, 1.807) is 0 Å². The summed E-state index contributed by atoms with van der Waals surface area (Å²) in [5.41, 5.74) is 4.04. The van der Waals surface area contributed by atoms with Crippen LogP contribution in [0.5, 0.6) is 0 Å². The molecule has 0 bridgehead atoms. The van der Waals surface area contributed by atoms with E-state index in [4.69, 9.17) is 0 Å². The van der Waals surface area contributed by atoms with Crippen molar-refractivity contribution in [3.63, 3.8) is 0 Å². The molecule has 0 unspecified atom stereocenters. The van der Waals surface area contributed by atoms with Crippen molar-refractivity contribution in [1.82, 2.24) is 15.0 Å². The van der Waals surface area contributed by atoms with Gasteiger partial charge in [-0.2, -0.15) is 0 Å². The second kappa shape index (κ2) is 3.45. The van der Waals surface area contributed by atoms with Crippen LogP contribution in [-0.2, 0) is 0 Å². The number of nitrogens with one attached hydrogen (secondary N) is 1. The molecule has 0 aliphatic rings.